The molecule has 0 atom stereocenters. The first kappa shape index (κ1) is 21.8. The van der Waals surface area contributed by atoms with Crippen molar-refractivity contribution in [1.82, 2.24) is 0 Å². The lowest BCUT2D eigenvalue weighted by Gasteiger charge is -2.10. The third-order valence-electron chi connectivity index (χ3n) is 4.41. The highest BCUT2D eigenvalue weighted by molar-refractivity contribution is 7.92. The lowest BCUT2D eigenvalue weighted by atomic mass is 10.2. The van der Waals surface area contributed by atoms with Crippen LogP contribution in [0, 0.1) is 17.0 Å². The number of nitro groups is 1. The first-order valence-corrected chi connectivity index (χ1v) is 10.5. The molecule has 0 unspecified atom stereocenters. The van der Waals surface area contributed by atoms with Crippen LogP contribution in [0.4, 0.5) is 17.1 Å². The Morgan fingerprint density at radius 3 is 2.35 bits per heavy atom. The fraction of sp³-hybridized carbons (Fsp3) is 0.0952. The second kappa shape index (κ2) is 8.84. The van der Waals surface area contributed by atoms with Gasteiger partial charge in [-0.05, 0) is 49.4 Å². The van der Waals surface area contributed by atoms with Crippen LogP contribution < -0.4 is 14.8 Å². The molecule has 3 aromatic carbocycles. The maximum atomic E-state index is 12.6. The van der Waals surface area contributed by atoms with Crippen molar-refractivity contribution < 1.29 is 22.9 Å². The number of hydrogen-bond donors (Lipinski definition) is 2. The summed E-state index contributed by atoms with van der Waals surface area (Å²) < 4.78 is 32.6. The normalized spacial score (nSPS) is 10.9. The van der Waals surface area contributed by atoms with E-state index in [1.165, 1.54) is 50.4 Å². The van der Waals surface area contributed by atoms with Crippen LogP contribution in [0.1, 0.15) is 15.9 Å². The Hall–Kier alpha value is -3.92. The number of carbonyl (C=O) groups excluding carboxylic acids is 1. The van der Waals surface area contributed by atoms with Crippen molar-refractivity contribution >= 4 is 33.0 Å². The number of anilines is 2. The number of nitrogens with one attached hydrogen (secondary N) is 2. The summed E-state index contributed by atoms with van der Waals surface area (Å²) in [6, 6.07) is 16.3. The first-order chi connectivity index (χ1) is 14.7. The van der Waals surface area contributed by atoms with Gasteiger partial charge < -0.3 is 10.1 Å². The Kier molecular flexibility index (Phi) is 6.21. The monoisotopic (exact) mass is 441 g/mol. The summed E-state index contributed by atoms with van der Waals surface area (Å²) in [5.74, 6) is 0.218. The van der Waals surface area contributed by atoms with Gasteiger partial charge in [-0.3, -0.25) is 19.6 Å². The molecule has 0 aliphatic heterocycles. The number of nitrogens with zero attached hydrogens (tertiary/aromatic N) is 1. The molecule has 0 heterocycles. The van der Waals surface area contributed by atoms with Crippen LogP contribution in [0.5, 0.6) is 5.75 Å². The van der Waals surface area contributed by atoms with Gasteiger partial charge in [-0.2, -0.15) is 0 Å². The standard InChI is InChI=1S/C21H19N3O6S/c1-14-6-11-19(13-20(14)24(26)27)31(28,29)23-16-9-7-15(8-10-16)21(25)22-17-4-3-5-18(12-17)30-2/h3-13,23H,1-2H3,(H,22,25). The Morgan fingerprint density at radius 1 is 1.00 bits per heavy atom. The molecule has 0 aromatic heterocycles. The molecule has 0 saturated carbocycles. The molecule has 160 valence electrons. The van der Waals surface area contributed by atoms with Gasteiger partial charge in [-0.25, -0.2) is 8.42 Å². The Balaban J connectivity index is 1.74. The SMILES string of the molecule is COc1cccc(NC(=O)c2ccc(NS(=O)(=O)c3ccc(C)c([N+](=O)[O-])c3)cc2)c1. The van der Waals surface area contributed by atoms with E-state index in [0.29, 0.717) is 22.6 Å². The summed E-state index contributed by atoms with van der Waals surface area (Å²) in [7, 11) is -2.52. The third kappa shape index (κ3) is 5.17. The van der Waals surface area contributed by atoms with E-state index in [1.54, 1.807) is 24.3 Å². The predicted octanol–water partition coefficient (Wildman–Crippen LogP) is 3.96. The number of rotatable bonds is 7. The molecule has 31 heavy (non-hydrogen) atoms. The highest BCUT2D eigenvalue weighted by Crippen LogP contribution is 2.24. The molecule has 10 heteroatoms. The fourth-order valence-electron chi connectivity index (χ4n) is 2.76. The quantitative estimate of drug-likeness (QED) is 0.422. The minimum absolute atomic E-state index is 0.209. The van der Waals surface area contributed by atoms with Gasteiger partial charge in [0.2, 0.25) is 0 Å². The molecule has 0 saturated heterocycles. The summed E-state index contributed by atoms with van der Waals surface area (Å²) in [5.41, 5.74) is 1.15. The van der Waals surface area contributed by atoms with Crippen LogP contribution >= 0.6 is 0 Å². The van der Waals surface area contributed by atoms with Crippen LogP contribution in [0.3, 0.4) is 0 Å². The van der Waals surface area contributed by atoms with E-state index >= 15 is 0 Å². The number of sulfonamides is 1. The third-order valence-corrected chi connectivity index (χ3v) is 5.79. The summed E-state index contributed by atoms with van der Waals surface area (Å²) in [6.07, 6.45) is 0. The number of amides is 1. The minimum Gasteiger partial charge on any atom is -0.497 e. The zero-order valence-corrected chi connectivity index (χ0v) is 17.5. The molecule has 0 bridgehead atoms. The number of nitro benzene ring substituents is 1. The average molecular weight is 441 g/mol. The van der Waals surface area contributed by atoms with E-state index in [0.717, 1.165) is 6.07 Å². The molecule has 1 amide bonds. The lowest BCUT2D eigenvalue weighted by molar-refractivity contribution is -0.385. The Morgan fingerprint density at radius 2 is 1.71 bits per heavy atom. The number of aryl methyl sites for hydroxylation is 1. The molecule has 0 radical (unpaired) electrons. The van der Waals surface area contributed by atoms with Gasteiger partial charge in [-0.1, -0.05) is 12.1 Å². The first-order valence-electron chi connectivity index (χ1n) is 9.03. The molecular formula is C21H19N3O6S. The molecule has 0 spiro atoms. The Labute approximate surface area is 178 Å². The van der Waals surface area contributed by atoms with Crippen molar-refractivity contribution in [2.24, 2.45) is 0 Å². The van der Waals surface area contributed by atoms with E-state index < -0.39 is 14.9 Å². The van der Waals surface area contributed by atoms with Crippen LogP contribution in [0.15, 0.2) is 71.6 Å². The molecule has 0 fully saturated rings. The van der Waals surface area contributed by atoms with Crippen molar-refractivity contribution in [3.8, 4) is 5.75 Å². The van der Waals surface area contributed by atoms with Gasteiger partial charge in [0.15, 0.2) is 0 Å². The topological polar surface area (TPSA) is 128 Å². The predicted molar refractivity (Wildman–Crippen MR) is 116 cm³/mol. The fourth-order valence-corrected chi connectivity index (χ4v) is 3.84. The number of hydrogen-bond acceptors (Lipinski definition) is 6. The molecule has 0 aliphatic carbocycles. The van der Waals surface area contributed by atoms with E-state index in [9.17, 15) is 23.3 Å². The zero-order valence-electron chi connectivity index (χ0n) is 16.7. The summed E-state index contributed by atoms with van der Waals surface area (Å²) in [5, 5.41) is 13.8. The number of methoxy groups -OCH3 is 1. The lowest BCUT2D eigenvalue weighted by Crippen LogP contribution is -2.14. The maximum Gasteiger partial charge on any atom is 0.273 e. The molecule has 9 nitrogen and oxygen atoms in total. The minimum atomic E-state index is -4.04. The van der Waals surface area contributed by atoms with Gasteiger partial charge in [-0.15, -0.1) is 0 Å². The second-order valence-corrected chi connectivity index (χ2v) is 8.26. The van der Waals surface area contributed by atoms with Crippen LogP contribution in [0.2, 0.25) is 0 Å². The summed E-state index contributed by atoms with van der Waals surface area (Å²) in [4.78, 5) is 22.6. The van der Waals surface area contributed by atoms with Gasteiger partial charge in [0.25, 0.3) is 21.6 Å². The van der Waals surface area contributed by atoms with Crippen molar-refractivity contribution in [2.75, 3.05) is 17.1 Å². The molecular weight excluding hydrogens is 422 g/mol. The molecule has 0 aliphatic rings. The van der Waals surface area contributed by atoms with Crippen molar-refractivity contribution in [3.05, 3.63) is 88.0 Å². The maximum absolute atomic E-state index is 12.6. The van der Waals surface area contributed by atoms with Crippen molar-refractivity contribution in [2.45, 2.75) is 11.8 Å². The van der Waals surface area contributed by atoms with Crippen LogP contribution in [-0.2, 0) is 10.0 Å². The highest BCUT2D eigenvalue weighted by atomic mass is 32.2. The van der Waals surface area contributed by atoms with Crippen molar-refractivity contribution in [1.29, 1.82) is 0 Å². The smallest absolute Gasteiger partial charge is 0.273 e. The second-order valence-electron chi connectivity index (χ2n) is 6.57. The molecule has 2 N–H and O–H groups in total. The average Bonchev–Trinajstić information content (AvgIpc) is 2.74. The van der Waals surface area contributed by atoms with E-state index in [4.69, 9.17) is 4.74 Å². The van der Waals surface area contributed by atoms with Crippen molar-refractivity contribution in [3.63, 3.8) is 0 Å². The highest BCUT2D eigenvalue weighted by Gasteiger charge is 2.20. The molecule has 3 aromatic rings. The summed E-state index contributed by atoms with van der Waals surface area (Å²) in [6.45, 7) is 1.53. The number of carbonyl (C=O) groups is 1. The van der Waals surface area contributed by atoms with Gasteiger partial charge in [0.05, 0.1) is 16.9 Å². The van der Waals surface area contributed by atoms with E-state index in [2.05, 4.69) is 10.0 Å². The zero-order chi connectivity index (χ0) is 22.6. The van der Waals surface area contributed by atoms with Gasteiger partial charge in [0.1, 0.15) is 5.75 Å². The largest absolute Gasteiger partial charge is 0.497 e. The number of ether oxygens (including phenoxy) is 1. The van der Waals surface area contributed by atoms with E-state index in [1.807, 2.05) is 0 Å². The van der Waals surface area contributed by atoms with Gasteiger partial charge in [0, 0.05) is 34.6 Å². The Bertz CT molecular complexity index is 1240. The van der Waals surface area contributed by atoms with Gasteiger partial charge >= 0.3 is 0 Å². The van der Waals surface area contributed by atoms with E-state index in [-0.39, 0.29) is 22.2 Å². The summed E-state index contributed by atoms with van der Waals surface area (Å²) >= 11 is 0. The number of benzene rings is 3. The van der Waals surface area contributed by atoms with Crippen LogP contribution in [-0.4, -0.2) is 26.4 Å². The van der Waals surface area contributed by atoms with Crippen LogP contribution in [0.25, 0.3) is 0 Å². The molecule has 3 rings (SSSR count).